The van der Waals surface area contributed by atoms with Gasteiger partial charge in [0.1, 0.15) is 17.3 Å². The highest BCUT2D eigenvalue weighted by Gasteiger charge is 2.29. The number of fused-ring (bicyclic) bond motifs is 1. The molecule has 0 radical (unpaired) electrons. The third-order valence-electron chi connectivity index (χ3n) is 6.35. The van der Waals surface area contributed by atoms with Crippen LogP contribution in [0.5, 0.6) is 11.5 Å². The van der Waals surface area contributed by atoms with Gasteiger partial charge in [-0.25, -0.2) is 10.2 Å². The molecule has 0 bridgehead atoms. The lowest BCUT2D eigenvalue weighted by Crippen LogP contribution is -2.27. The van der Waals surface area contributed by atoms with Gasteiger partial charge in [0.2, 0.25) is 5.76 Å². The van der Waals surface area contributed by atoms with E-state index >= 15 is 0 Å². The maximum absolute atomic E-state index is 13.0. The summed E-state index contributed by atoms with van der Waals surface area (Å²) in [7, 11) is 0. The lowest BCUT2D eigenvalue weighted by Gasteiger charge is -2.13. The fourth-order valence-corrected chi connectivity index (χ4v) is 4.41. The lowest BCUT2D eigenvalue weighted by molar-refractivity contribution is -0.123. The summed E-state index contributed by atoms with van der Waals surface area (Å²) >= 11 is 0. The molecule has 8 nitrogen and oxygen atoms in total. The predicted molar refractivity (Wildman–Crippen MR) is 145 cm³/mol. The Morgan fingerprint density at radius 2 is 1.64 bits per heavy atom. The number of ether oxygens (including phenoxy) is 2. The molecule has 1 heterocycles. The van der Waals surface area contributed by atoms with E-state index in [9.17, 15) is 9.59 Å². The van der Waals surface area contributed by atoms with Gasteiger partial charge in [0.15, 0.2) is 6.61 Å². The molecule has 5 rings (SSSR count). The van der Waals surface area contributed by atoms with Crippen LogP contribution in [0.4, 0.5) is 0 Å². The number of aryl methyl sites for hydroxylation is 1. The lowest BCUT2D eigenvalue weighted by atomic mass is 9.93. The molecule has 1 N–H and O–H groups in total. The van der Waals surface area contributed by atoms with Gasteiger partial charge in [0.05, 0.1) is 17.3 Å². The largest absolute Gasteiger partial charge is 0.484 e. The Kier molecular flexibility index (Phi) is 7.51. The van der Waals surface area contributed by atoms with Gasteiger partial charge >= 0.3 is 5.97 Å². The first-order valence-electron chi connectivity index (χ1n) is 12.5. The maximum atomic E-state index is 13.0. The Balaban J connectivity index is 1.25. The minimum atomic E-state index is -0.604. The number of esters is 1. The zero-order valence-corrected chi connectivity index (χ0v) is 21.3. The number of para-hydroxylation sites is 1. The van der Waals surface area contributed by atoms with E-state index in [0.29, 0.717) is 46.9 Å². The molecule has 0 atom stereocenters. The summed E-state index contributed by atoms with van der Waals surface area (Å²) < 4.78 is 17.0. The molecule has 1 aromatic heterocycles. The molecule has 0 unspecified atom stereocenters. The van der Waals surface area contributed by atoms with Crippen LogP contribution < -0.4 is 14.9 Å². The number of hydrazone groups is 1. The number of amides is 1. The van der Waals surface area contributed by atoms with Crippen molar-refractivity contribution in [3.63, 3.8) is 0 Å². The van der Waals surface area contributed by atoms with E-state index in [4.69, 9.17) is 19.2 Å². The summed E-state index contributed by atoms with van der Waals surface area (Å²) in [5.41, 5.74) is 7.02. The van der Waals surface area contributed by atoms with Crippen molar-refractivity contribution in [2.24, 2.45) is 5.10 Å². The number of carbonyl (C=O) groups is 2. The number of furan rings is 1. The van der Waals surface area contributed by atoms with Gasteiger partial charge in [-0.15, -0.1) is 0 Å². The van der Waals surface area contributed by atoms with Gasteiger partial charge < -0.3 is 13.9 Å². The second-order valence-corrected chi connectivity index (χ2v) is 9.01. The van der Waals surface area contributed by atoms with Crippen LogP contribution in [0.2, 0.25) is 0 Å². The number of nitrogens with one attached hydrogen (secondary N) is 1. The summed E-state index contributed by atoms with van der Waals surface area (Å²) in [5.74, 6) is 0.750. The molecular weight excluding hydrogens is 494 g/mol. The quantitative estimate of drug-likeness (QED) is 0.194. The van der Waals surface area contributed by atoms with E-state index in [1.54, 1.807) is 43.3 Å². The molecule has 4 aromatic rings. The van der Waals surface area contributed by atoms with E-state index in [1.807, 2.05) is 42.5 Å². The zero-order chi connectivity index (χ0) is 27.2. The third kappa shape index (κ3) is 5.89. The topological polar surface area (TPSA) is 114 Å². The van der Waals surface area contributed by atoms with Crippen molar-refractivity contribution < 1.29 is 23.5 Å². The number of nitrogens with zero attached hydrogens (tertiary/aromatic N) is 2. The molecule has 39 heavy (non-hydrogen) atoms. The van der Waals surface area contributed by atoms with Gasteiger partial charge in [-0.05, 0) is 67.3 Å². The SMILES string of the molecule is Cc1c(C(=O)Oc2ccc(-c3ccc(C#N)cc3)cc2)oc2c1/C(=N/NC(=O)COc1ccccc1)CCC2. The Morgan fingerprint density at radius 3 is 2.33 bits per heavy atom. The molecule has 1 aliphatic carbocycles. The average molecular weight is 520 g/mol. The summed E-state index contributed by atoms with van der Waals surface area (Å²) in [6.07, 6.45) is 2.08. The molecule has 3 aromatic carbocycles. The molecule has 0 fully saturated rings. The minimum absolute atomic E-state index is 0.115. The minimum Gasteiger partial charge on any atom is -0.484 e. The predicted octanol–water partition coefficient (Wildman–Crippen LogP) is 5.58. The highest BCUT2D eigenvalue weighted by atomic mass is 16.5. The van der Waals surface area contributed by atoms with Crippen LogP contribution in [0, 0.1) is 18.3 Å². The van der Waals surface area contributed by atoms with E-state index in [2.05, 4.69) is 16.6 Å². The maximum Gasteiger partial charge on any atom is 0.379 e. The molecule has 0 spiro atoms. The second kappa shape index (κ2) is 11.5. The molecule has 0 aliphatic heterocycles. The van der Waals surface area contributed by atoms with Crippen LogP contribution >= 0.6 is 0 Å². The monoisotopic (exact) mass is 519 g/mol. The summed E-state index contributed by atoms with van der Waals surface area (Å²) in [6, 6.07) is 25.5. The smallest absolute Gasteiger partial charge is 0.379 e. The average Bonchev–Trinajstić information content (AvgIpc) is 3.33. The van der Waals surface area contributed by atoms with Crippen molar-refractivity contribution in [1.29, 1.82) is 5.26 Å². The first-order valence-corrected chi connectivity index (χ1v) is 12.5. The van der Waals surface area contributed by atoms with Gasteiger partial charge in [-0.1, -0.05) is 42.5 Å². The van der Waals surface area contributed by atoms with Crippen molar-refractivity contribution in [2.45, 2.75) is 26.2 Å². The third-order valence-corrected chi connectivity index (χ3v) is 6.35. The number of benzene rings is 3. The van der Waals surface area contributed by atoms with Crippen molar-refractivity contribution in [1.82, 2.24) is 5.43 Å². The number of hydrogen-bond donors (Lipinski definition) is 1. The highest BCUT2D eigenvalue weighted by molar-refractivity contribution is 6.06. The van der Waals surface area contributed by atoms with E-state index in [1.165, 1.54) is 0 Å². The molecule has 0 saturated carbocycles. The standard InChI is InChI=1S/C31H25N3O5/c1-20-29-26(33-34-28(35)19-37-24-6-3-2-4-7-24)8-5-9-27(29)39-30(20)31(36)38-25-16-14-23(15-17-25)22-12-10-21(18-32)11-13-22/h2-4,6-7,10-17H,5,8-9,19H2,1H3,(H,34,35)/b33-26+. The molecular formula is C31H25N3O5. The number of hydrogen-bond acceptors (Lipinski definition) is 7. The Labute approximate surface area is 225 Å². The fourth-order valence-electron chi connectivity index (χ4n) is 4.41. The highest BCUT2D eigenvalue weighted by Crippen LogP contribution is 2.31. The summed E-state index contributed by atoms with van der Waals surface area (Å²) in [6.45, 7) is 1.62. The van der Waals surface area contributed by atoms with Crippen molar-refractivity contribution in [3.05, 3.63) is 107 Å². The molecule has 0 saturated heterocycles. The molecule has 8 heteroatoms. The Hall–Kier alpha value is -5.16. The summed E-state index contributed by atoms with van der Waals surface area (Å²) in [4.78, 5) is 25.3. The fraction of sp³-hybridized carbons (Fsp3) is 0.161. The van der Waals surface area contributed by atoms with Crippen LogP contribution in [0.15, 0.2) is 88.4 Å². The van der Waals surface area contributed by atoms with Crippen molar-refractivity contribution in [2.75, 3.05) is 6.61 Å². The van der Waals surface area contributed by atoms with E-state index in [0.717, 1.165) is 23.1 Å². The first-order chi connectivity index (χ1) is 19.0. The van der Waals surface area contributed by atoms with Crippen molar-refractivity contribution >= 4 is 17.6 Å². The van der Waals surface area contributed by atoms with Crippen molar-refractivity contribution in [3.8, 4) is 28.7 Å². The van der Waals surface area contributed by atoms with Crippen LogP contribution in [-0.4, -0.2) is 24.2 Å². The number of carbonyl (C=O) groups excluding carboxylic acids is 2. The Morgan fingerprint density at radius 1 is 0.949 bits per heavy atom. The Bertz CT molecular complexity index is 1560. The zero-order valence-electron chi connectivity index (χ0n) is 21.3. The van der Waals surface area contributed by atoms with Crippen LogP contribution in [0.3, 0.4) is 0 Å². The molecule has 194 valence electrons. The van der Waals surface area contributed by atoms with Crippen LogP contribution in [0.1, 0.15) is 45.8 Å². The van der Waals surface area contributed by atoms with Crippen LogP contribution in [-0.2, 0) is 11.2 Å². The number of nitriles is 1. The van der Waals surface area contributed by atoms with Gasteiger partial charge in [0, 0.05) is 17.5 Å². The second-order valence-electron chi connectivity index (χ2n) is 9.01. The number of rotatable bonds is 7. The molecule has 1 amide bonds. The van der Waals surface area contributed by atoms with Gasteiger partial charge in [-0.3, -0.25) is 4.79 Å². The normalized spacial score (nSPS) is 13.3. The summed E-state index contributed by atoms with van der Waals surface area (Å²) in [5, 5.41) is 13.3. The van der Waals surface area contributed by atoms with Gasteiger partial charge in [-0.2, -0.15) is 10.4 Å². The van der Waals surface area contributed by atoms with Crippen LogP contribution in [0.25, 0.3) is 11.1 Å². The van der Waals surface area contributed by atoms with Gasteiger partial charge in [0.25, 0.3) is 5.91 Å². The molecule has 1 aliphatic rings. The van der Waals surface area contributed by atoms with E-state index in [-0.39, 0.29) is 18.3 Å². The van der Waals surface area contributed by atoms with E-state index < -0.39 is 5.97 Å². The first kappa shape index (κ1) is 25.5.